The topological polar surface area (TPSA) is 71.3 Å². The molecular weight excluding hydrogens is 324 g/mol. The van der Waals surface area contributed by atoms with Crippen molar-refractivity contribution in [3.8, 4) is 17.6 Å². The number of unbranched alkanes of at least 4 members (excludes halogenated alkanes) is 1. The van der Waals surface area contributed by atoms with E-state index in [0.29, 0.717) is 22.1 Å². The molecule has 0 aliphatic carbocycles. The van der Waals surface area contributed by atoms with Crippen LogP contribution in [0.25, 0.3) is 0 Å². The summed E-state index contributed by atoms with van der Waals surface area (Å²) in [4.78, 5) is 12.1. The van der Waals surface area contributed by atoms with Crippen LogP contribution in [0, 0.1) is 11.3 Å². The van der Waals surface area contributed by atoms with E-state index in [1.54, 1.807) is 32.0 Å². The summed E-state index contributed by atoms with van der Waals surface area (Å²) in [6.07, 6.45) is 2.38. The number of carbonyl (C=O) groups excluding carboxylic acids is 1. The normalized spacial score (nSPS) is 17.2. The van der Waals surface area contributed by atoms with Gasteiger partial charge in [-0.05, 0) is 29.9 Å². The van der Waals surface area contributed by atoms with E-state index >= 15 is 0 Å². The smallest absolute Gasteiger partial charge is 0.225 e. The van der Waals surface area contributed by atoms with Crippen molar-refractivity contribution in [2.75, 3.05) is 20.0 Å². The Kier molecular flexibility index (Phi) is 6.56. The zero-order valence-corrected chi connectivity index (χ0v) is 15.0. The first kappa shape index (κ1) is 18.2. The lowest BCUT2D eigenvalue weighted by Crippen LogP contribution is -2.31. The number of methoxy groups -OCH3 is 2. The van der Waals surface area contributed by atoms with E-state index in [4.69, 9.17) is 9.47 Å². The molecule has 0 aromatic heterocycles. The molecule has 1 aromatic carbocycles. The van der Waals surface area contributed by atoms with Crippen LogP contribution in [0.1, 0.15) is 37.7 Å². The van der Waals surface area contributed by atoms with Crippen LogP contribution >= 0.6 is 11.8 Å². The number of amides is 1. The molecule has 0 spiro atoms. The molecule has 24 heavy (non-hydrogen) atoms. The fourth-order valence-corrected chi connectivity index (χ4v) is 3.77. The molecule has 1 aliphatic rings. The number of ether oxygens (including phenoxy) is 2. The van der Waals surface area contributed by atoms with Crippen LogP contribution in [0.4, 0.5) is 0 Å². The molecule has 0 fully saturated rings. The number of rotatable bonds is 7. The SMILES string of the molecule is CCCCSC1=C(C#N)C(c2ccc(OC)c(OC)c2)CC(=O)N1. The summed E-state index contributed by atoms with van der Waals surface area (Å²) < 4.78 is 10.6. The van der Waals surface area contributed by atoms with E-state index in [1.165, 1.54) is 0 Å². The molecule has 1 atom stereocenters. The molecule has 1 unspecified atom stereocenters. The second-order valence-electron chi connectivity index (χ2n) is 5.48. The average Bonchev–Trinajstić information content (AvgIpc) is 2.60. The average molecular weight is 346 g/mol. The van der Waals surface area contributed by atoms with Gasteiger partial charge in [0.05, 0.1) is 30.9 Å². The van der Waals surface area contributed by atoms with Gasteiger partial charge < -0.3 is 14.8 Å². The van der Waals surface area contributed by atoms with Gasteiger partial charge in [-0.1, -0.05) is 19.4 Å². The zero-order valence-electron chi connectivity index (χ0n) is 14.2. The molecule has 1 amide bonds. The number of carbonyl (C=O) groups is 1. The lowest BCUT2D eigenvalue weighted by molar-refractivity contribution is -0.120. The molecule has 128 valence electrons. The van der Waals surface area contributed by atoms with Gasteiger partial charge in [0, 0.05) is 12.3 Å². The van der Waals surface area contributed by atoms with Crippen molar-refractivity contribution in [3.05, 3.63) is 34.4 Å². The summed E-state index contributed by atoms with van der Waals surface area (Å²) in [5, 5.41) is 13.2. The highest BCUT2D eigenvalue weighted by atomic mass is 32.2. The molecule has 1 heterocycles. The van der Waals surface area contributed by atoms with Crippen molar-refractivity contribution in [2.45, 2.75) is 32.1 Å². The predicted molar refractivity (Wildman–Crippen MR) is 95.1 cm³/mol. The third-order valence-electron chi connectivity index (χ3n) is 3.91. The van der Waals surface area contributed by atoms with Crippen molar-refractivity contribution < 1.29 is 14.3 Å². The summed E-state index contributed by atoms with van der Waals surface area (Å²) in [6, 6.07) is 7.82. The number of hydrogen-bond donors (Lipinski definition) is 1. The van der Waals surface area contributed by atoms with E-state index < -0.39 is 0 Å². The number of nitriles is 1. The Balaban J connectivity index is 2.38. The van der Waals surface area contributed by atoms with Crippen molar-refractivity contribution in [3.63, 3.8) is 0 Å². The van der Waals surface area contributed by atoms with Gasteiger partial charge in [-0.2, -0.15) is 5.26 Å². The van der Waals surface area contributed by atoms with Crippen LogP contribution in [0.15, 0.2) is 28.8 Å². The maximum atomic E-state index is 12.1. The lowest BCUT2D eigenvalue weighted by atomic mass is 9.87. The van der Waals surface area contributed by atoms with Gasteiger partial charge in [-0.15, -0.1) is 11.8 Å². The molecule has 2 rings (SSSR count). The molecule has 0 radical (unpaired) electrons. The Morgan fingerprint density at radius 1 is 1.33 bits per heavy atom. The largest absolute Gasteiger partial charge is 0.493 e. The number of benzene rings is 1. The van der Waals surface area contributed by atoms with Crippen molar-refractivity contribution in [1.29, 1.82) is 5.26 Å². The van der Waals surface area contributed by atoms with Crippen LogP contribution in [-0.4, -0.2) is 25.9 Å². The van der Waals surface area contributed by atoms with Gasteiger partial charge >= 0.3 is 0 Å². The van der Waals surface area contributed by atoms with Crippen LogP contribution in [-0.2, 0) is 4.79 Å². The standard InChI is InChI=1S/C18H22N2O3S/c1-4-5-8-24-18-14(11-19)13(10-17(21)20-18)12-6-7-15(22-2)16(9-12)23-3/h6-7,9,13H,4-5,8,10H2,1-3H3,(H,20,21). The van der Waals surface area contributed by atoms with Crippen LogP contribution in [0.5, 0.6) is 11.5 Å². The maximum absolute atomic E-state index is 12.1. The number of thioether (sulfide) groups is 1. The summed E-state index contributed by atoms with van der Waals surface area (Å²) in [5.74, 6) is 1.79. The van der Waals surface area contributed by atoms with Crippen molar-refractivity contribution >= 4 is 17.7 Å². The number of hydrogen-bond acceptors (Lipinski definition) is 5. The summed E-state index contributed by atoms with van der Waals surface area (Å²) in [5.41, 5.74) is 1.50. The third kappa shape index (κ3) is 4.04. The molecule has 0 saturated carbocycles. The summed E-state index contributed by atoms with van der Waals surface area (Å²) in [6.45, 7) is 2.12. The Morgan fingerprint density at radius 3 is 2.71 bits per heavy atom. The van der Waals surface area contributed by atoms with Gasteiger partial charge in [-0.25, -0.2) is 0 Å². The molecule has 1 aromatic rings. The second kappa shape index (κ2) is 8.65. The van der Waals surface area contributed by atoms with E-state index in [2.05, 4.69) is 18.3 Å². The third-order valence-corrected chi connectivity index (χ3v) is 5.01. The Morgan fingerprint density at radius 2 is 2.08 bits per heavy atom. The van der Waals surface area contributed by atoms with Crippen molar-refractivity contribution in [2.24, 2.45) is 0 Å². The highest BCUT2D eigenvalue weighted by Gasteiger charge is 2.30. The first-order chi connectivity index (χ1) is 11.6. The van der Waals surface area contributed by atoms with E-state index in [0.717, 1.165) is 24.2 Å². The van der Waals surface area contributed by atoms with Gasteiger partial charge in [-0.3, -0.25) is 4.79 Å². The number of nitrogens with one attached hydrogen (secondary N) is 1. The molecule has 1 aliphatic heterocycles. The minimum atomic E-state index is -0.257. The minimum absolute atomic E-state index is 0.0622. The molecule has 6 heteroatoms. The highest BCUT2D eigenvalue weighted by molar-refractivity contribution is 8.03. The molecule has 5 nitrogen and oxygen atoms in total. The number of nitrogens with zero attached hydrogens (tertiary/aromatic N) is 1. The van der Waals surface area contributed by atoms with E-state index in [1.807, 2.05) is 12.1 Å². The molecule has 1 N–H and O–H groups in total. The predicted octanol–water partition coefficient (Wildman–Crippen LogP) is 3.58. The zero-order chi connectivity index (χ0) is 17.5. The summed E-state index contributed by atoms with van der Waals surface area (Å²) in [7, 11) is 3.15. The van der Waals surface area contributed by atoms with E-state index in [9.17, 15) is 10.1 Å². The quantitative estimate of drug-likeness (QED) is 0.764. The Hall–Kier alpha value is -2.13. The number of allylic oxidation sites excluding steroid dienone is 1. The van der Waals surface area contributed by atoms with Gasteiger partial charge in [0.15, 0.2) is 11.5 Å². The fraction of sp³-hybridized carbons (Fsp3) is 0.444. The maximum Gasteiger partial charge on any atom is 0.225 e. The summed E-state index contributed by atoms with van der Waals surface area (Å²) >= 11 is 1.54. The van der Waals surface area contributed by atoms with Crippen LogP contribution < -0.4 is 14.8 Å². The monoisotopic (exact) mass is 346 g/mol. The molecule has 0 saturated heterocycles. The Labute approximate surface area is 147 Å². The molecule has 0 bridgehead atoms. The highest BCUT2D eigenvalue weighted by Crippen LogP contribution is 2.39. The van der Waals surface area contributed by atoms with Crippen molar-refractivity contribution in [1.82, 2.24) is 5.32 Å². The molecular formula is C18H22N2O3S. The Bertz CT molecular complexity index is 679. The fourth-order valence-electron chi connectivity index (χ4n) is 2.61. The van der Waals surface area contributed by atoms with Gasteiger partial charge in [0.25, 0.3) is 0 Å². The minimum Gasteiger partial charge on any atom is -0.493 e. The van der Waals surface area contributed by atoms with Gasteiger partial charge in [0.1, 0.15) is 0 Å². The first-order valence-corrected chi connectivity index (χ1v) is 8.92. The van der Waals surface area contributed by atoms with E-state index in [-0.39, 0.29) is 18.2 Å². The van der Waals surface area contributed by atoms with Crippen LogP contribution in [0.3, 0.4) is 0 Å². The lowest BCUT2D eigenvalue weighted by Gasteiger charge is -2.25. The first-order valence-electron chi connectivity index (χ1n) is 7.93. The van der Waals surface area contributed by atoms with Crippen LogP contribution in [0.2, 0.25) is 0 Å². The second-order valence-corrected chi connectivity index (χ2v) is 6.58. The van der Waals surface area contributed by atoms with Gasteiger partial charge in [0.2, 0.25) is 5.91 Å².